The zero-order valence-corrected chi connectivity index (χ0v) is 12.0. The van der Waals surface area contributed by atoms with E-state index >= 15 is 0 Å². The van der Waals surface area contributed by atoms with E-state index in [9.17, 15) is 4.39 Å². The summed E-state index contributed by atoms with van der Waals surface area (Å²) in [6.07, 6.45) is 0. The van der Waals surface area contributed by atoms with Crippen LogP contribution in [0.5, 0.6) is 11.6 Å². The van der Waals surface area contributed by atoms with E-state index in [1.54, 1.807) is 31.0 Å². The molecule has 1 aromatic heterocycles. The number of rotatable bonds is 5. The molecule has 5 nitrogen and oxygen atoms in total. The molecule has 1 heterocycles. The highest BCUT2D eigenvalue weighted by Gasteiger charge is 2.14. The Hall–Kier alpha value is -2.24. The van der Waals surface area contributed by atoms with Crippen molar-refractivity contribution in [3.05, 3.63) is 35.3 Å². The van der Waals surface area contributed by atoms with E-state index in [-0.39, 0.29) is 5.82 Å². The zero-order chi connectivity index (χ0) is 14.7. The van der Waals surface area contributed by atoms with E-state index in [1.165, 1.54) is 6.07 Å². The maximum atomic E-state index is 13.7. The maximum absolute atomic E-state index is 13.7. The van der Waals surface area contributed by atoms with Crippen molar-refractivity contribution in [2.75, 3.05) is 19.5 Å². The highest BCUT2D eigenvalue weighted by molar-refractivity contribution is 5.50. The smallest absolute Gasteiger partial charge is 0.216 e. The molecule has 6 heteroatoms. The fourth-order valence-corrected chi connectivity index (χ4v) is 2.09. The molecule has 0 bridgehead atoms. The summed E-state index contributed by atoms with van der Waals surface area (Å²) in [7, 11) is 4.94. The molecular formula is C14H18FN3O2. The van der Waals surface area contributed by atoms with Crippen LogP contribution in [0.2, 0.25) is 0 Å². The van der Waals surface area contributed by atoms with Gasteiger partial charge >= 0.3 is 0 Å². The van der Waals surface area contributed by atoms with Crippen molar-refractivity contribution < 1.29 is 13.9 Å². The summed E-state index contributed by atoms with van der Waals surface area (Å²) >= 11 is 0. The Morgan fingerprint density at radius 1 is 1.30 bits per heavy atom. The summed E-state index contributed by atoms with van der Waals surface area (Å²) in [5.41, 5.74) is 2.13. The Kier molecular flexibility index (Phi) is 4.12. The Morgan fingerprint density at radius 2 is 2.05 bits per heavy atom. The largest absolute Gasteiger partial charge is 0.497 e. The lowest BCUT2D eigenvalue weighted by molar-refractivity contribution is 0.369. The van der Waals surface area contributed by atoms with Crippen LogP contribution >= 0.6 is 0 Å². The highest BCUT2D eigenvalue weighted by atomic mass is 19.1. The monoisotopic (exact) mass is 279 g/mol. The second-order valence-electron chi connectivity index (χ2n) is 4.40. The molecule has 2 rings (SSSR count). The third kappa shape index (κ3) is 2.68. The van der Waals surface area contributed by atoms with Crippen molar-refractivity contribution in [2.45, 2.75) is 13.5 Å². The van der Waals surface area contributed by atoms with E-state index in [4.69, 9.17) is 9.47 Å². The van der Waals surface area contributed by atoms with Crippen LogP contribution in [-0.4, -0.2) is 24.0 Å². The first-order valence-electron chi connectivity index (χ1n) is 6.20. The lowest BCUT2D eigenvalue weighted by atomic mass is 10.2. The number of nitrogens with zero attached hydrogens (tertiary/aromatic N) is 2. The Labute approximate surface area is 117 Å². The van der Waals surface area contributed by atoms with Gasteiger partial charge in [0.1, 0.15) is 11.6 Å². The van der Waals surface area contributed by atoms with Crippen molar-refractivity contribution in [2.24, 2.45) is 7.05 Å². The first-order chi connectivity index (χ1) is 9.56. The third-order valence-electron chi connectivity index (χ3n) is 3.11. The zero-order valence-electron chi connectivity index (χ0n) is 12.0. The number of ether oxygens (including phenoxy) is 2. The Bertz CT molecular complexity index is 611. The predicted molar refractivity (Wildman–Crippen MR) is 74.8 cm³/mol. The van der Waals surface area contributed by atoms with E-state index < -0.39 is 0 Å². The molecule has 0 fully saturated rings. The number of aromatic nitrogens is 2. The summed E-state index contributed by atoms with van der Waals surface area (Å²) in [6.45, 7) is 2.31. The number of aryl methyl sites for hydroxylation is 2. The standard InChI is InChI=1S/C14H18FN3O2/c1-9-11(14(20-4)18(2)17-9)8-16-13-7-10(19-3)5-6-12(13)15/h5-7,16H,8H2,1-4H3. The van der Waals surface area contributed by atoms with Crippen LogP contribution in [0.15, 0.2) is 18.2 Å². The normalized spacial score (nSPS) is 10.4. The van der Waals surface area contributed by atoms with Gasteiger partial charge in [0.25, 0.3) is 0 Å². The summed E-state index contributed by atoms with van der Waals surface area (Å²) in [4.78, 5) is 0. The molecule has 0 saturated heterocycles. The minimum atomic E-state index is -0.327. The third-order valence-corrected chi connectivity index (χ3v) is 3.11. The van der Waals surface area contributed by atoms with Crippen LogP contribution in [-0.2, 0) is 13.6 Å². The average Bonchev–Trinajstić information content (AvgIpc) is 2.71. The predicted octanol–water partition coefficient (Wildman–Crippen LogP) is 2.50. The molecule has 0 radical (unpaired) electrons. The van der Waals surface area contributed by atoms with Crippen molar-refractivity contribution >= 4 is 5.69 Å². The molecule has 1 N–H and O–H groups in total. The van der Waals surface area contributed by atoms with Gasteiger partial charge in [-0.3, -0.25) is 0 Å². The molecule has 0 saturated carbocycles. The molecule has 20 heavy (non-hydrogen) atoms. The minimum Gasteiger partial charge on any atom is -0.497 e. The fourth-order valence-electron chi connectivity index (χ4n) is 2.09. The van der Waals surface area contributed by atoms with Crippen LogP contribution in [0.4, 0.5) is 10.1 Å². The van der Waals surface area contributed by atoms with Crippen LogP contribution in [0.25, 0.3) is 0 Å². The van der Waals surface area contributed by atoms with Gasteiger partial charge in [-0.2, -0.15) is 5.10 Å². The molecule has 0 aliphatic heterocycles. The SMILES string of the molecule is COc1ccc(F)c(NCc2c(C)nn(C)c2OC)c1. The molecule has 0 unspecified atom stereocenters. The van der Waals surface area contributed by atoms with Gasteiger partial charge in [-0.1, -0.05) is 0 Å². The molecule has 1 aromatic carbocycles. The second kappa shape index (κ2) is 5.81. The van der Waals surface area contributed by atoms with Gasteiger partial charge in [0.2, 0.25) is 5.88 Å². The van der Waals surface area contributed by atoms with E-state index in [2.05, 4.69) is 10.4 Å². The lowest BCUT2D eigenvalue weighted by Gasteiger charge is -2.10. The lowest BCUT2D eigenvalue weighted by Crippen LogP contribution is -2.04. The first kappa shape index (κ1) is 14.2. The quantitative estimate of drug-likeness (QED) is 0.913. The van der Waals surface area contributed by atoms with Crippen LogP contribution in [0.1, 0.15) is 11.3 Å². The molecule has 0 spiro atoms. The van der Waals surface area contributed by atoms with E-state index in [1.807, 2.05) is 14.0 Å². The van der Waals surface area contributed by atoms with Crippen molar-refractivity contribution in [1.29, 1.82) is 0 Å². The number of anilines is 1. The number of nitrogens with one attached hydrogen (secondary N) is 1. The fraction of sp³-hybridized carbons (Fsp3) is 0.357. The van der Waals surface area contributed by atoms with Gasteiger partial charge in [0.05, 0.1) is 31.2 Å². The summed E-state index contributed by atoms with van der Waals surface area (Å²) in [5.74, 6) is 0.938. The van der Waals surface area contributed by atoms with E-state index in [0.29, 0.717) is 23.9 Å². The van der Waals surface area contributed by atoms with Crippen molar-refractivity contribution in [1.82, 2.24) is 9.78 Å². The van der Waals surface area contributed by atoms with Gasteiger partial charge in [-0.15, -0.1) is 0 Å². The van der Waals surface area contributed by atoms with Crippen molar-refractivity contribution in [3.63, 3.8) is 0 Å². The second-order valence-corrected chi connectivity index (χ2v) is 4.40. The first-order valence-corrected chi connectivity index (χ1v) is 6.20. The maximum Gasteiger partial charge on any atom is 0.216 e. The molecule has 2 aromatic rings. The van der Waals surface area contributed by atoms with Gasteiger partial charge in [0.15, 0.2) is 0 Å². The van der Waals surface area contributed by atoms with E-state index in [0.717, 1.165) is 11.3 Å². The number of hydrogen-bond acceptors (Lipinski definition) is 4. The van der Waals surface area contributed by atoms with Gasteiger partial charge in [0, 0.05) is 19.7 Å². The van der Waals surface area contributed by atoms with Crippen LogP contribution in [0.3, 0.4) is 0 Å². The molecule has 0 aliphatic rings. The molecule has 108 valence electrons. The molecular weight excluding hydrogens is 261 g/mol. The number of halogens is 1. The minimum absolute atomic E-state index is 0.327. The Balaban J connectivity index is 2.21. The summed E-state index contributed by atoms with van der Waals surface area (Å²) < 4.78 is 25.8. The molecule has 0 aliphatic carbocycles. The van der Waals surface area contributed by atoms with Crippen molar-refractivity contribution in [3.8, 4) is 11.6 Å². The topological polar surface area (TPSA) is 48.3 Å². The molecule has 0 amide bonds. The number of methoxy groups -OCH3 is 2. The van der Waals surface area contributed by atoms with Gasteiger partial charge < -0.3 is 14.8 Å². The Morgan fingerprint density at radius 3 is 2.70 bits per heavy atom. The van der Waals surface area contributed by atoms with Crippen LogP contribution < -0.4 is 14.8 Å². The number of benzene rings is 1. The highest BCUT2D eigenvalue weighted by Crippen LogP contribution is 2.25. The van der Waals surface area contributed by atoms with Gasteiger partial charge in [-0.05, 0) is 19.1 Å². The summed E-state index contributed by atoms with van der Waals surface area (Å²) in [5, 5.41) is 7.33. The summed E-state index contributed by atoms with van der Waals surface area (Å²) in [6, 6.07) is 4.57. The number of hydrogen-bond donors (Lipinski definition) is 1. The average molecular weight is 279 g/mol. The molecule has 0 atom stereocenters. The van der Waals surface area contributed by atoms with Gasteiger partial charge in [-0.25, -0.2) is 9.07 Å². The van der Waals surface area contributed by atoms with Crippen LogP contribution in [0, 0.1) is 12.7 Å².